The number of aryl methyl sites for hydroxylation is 2. The van der Waals surface area contributed by atoms with Crippen LogP contribution < -0.4 is 11.2 Å². The van der Waals surface area contributed by atoms with Gasteiger partial charge in [-0.2, -0.15) is 10.1 Å². The molecule has 0 radical (unpaired) electrons. The molecule has 7 heteroatoms. The molecule has 0 bridgehead atoms. The van der Waals surface area contributed by atoms with Crippen molar-refractivity contribution in [2.75, 3.05) is 5.73 Å². The molecule has 4 N–H and O–H groups in total. The monoisotopic (exact) mass is 284 g/mol. The van der Waals surface area contributed by atoms with Crippen molar-refractivity contribution in [2.24, 2.45) is 0 Å². The van der Waals surface area contributed by atoms with Crippen molar-refractivity contribution < 1.29 is 0 Å². The van der Waals surface area contributed by atoms with Crippen LogP contribution in [0.5, 0.6) is 0 Å². The van der Waals surface area contributed by atoms with Gasteiger partial charge in [0, 0.05) is 0 Å². The Morgan fingerprint density at radius 1 is 1.30 bits per heavy atom. The van der Waals surface area contributed by atoms with Crippen LogP contribution in [-0.2, 0) is 0 Å². The predicted molar refractivity (Wildman–Crippen MR) is 80.0 cm³/mol. The molecule has 3 heterocycles. The van der Waals surface area contributed by atoms with E-state index in [1.165, 1.54) is 5.56 Å². The number of nitrogen functional groups attached to an aromatic ring is 1. The molecule has 0 amide bonds. The number of thiazole rings is 1. The van der Waals surface area contributed by atoms with Crippen LogP contribution in [0, 0.1) is 19.3 Å². The van der Waals surface area contributed by atoms with E-state index in [-0.39, 0.29) is 0 Å². The Bertz CT molecular complexity index is 1050. The van der Waals surface area contributed by atoms with Crippen molar-refractivity contribution in [3.05, 3.63) is 28.7 Å². The quantitative estimate of drug-likeness (QED) is 0.461. The first-order valence-corrected chi connectivity index (χ1v) is 6.99. The number of hydrogen-bond acceptors (Lipinski definition) is 5. The molecule has 4 rings (SSSR count). The molecule has 20 heavy (non-hydrogen) atoms. The third-order valence-electron chi connectivity index (χ3n) is 3.58. The van der Waals surface area contributed by atoms with Gasteiger partial charge in [-0.3, -0.25) is 14.9 Å². The minimum absolute atomic E-state index is 0.330. The maximum atomic E-state index is 8.45. The molecule has 0 aliphatic carbocycles. The van der Waals surface area contributed by atoms with E-state index in [9.17, 15) is 0 Å². The third-order valence-corrected chi connectivity index (χ3v) is 4.75. The molecule has 0 unspecified atom stereocenters. The van der Waals surface area contributed by atoms with Crippen LogP contribution in [0.25, 0.3) is 26.2 Å². The van der Waals surface area contributed by atoms with E-state index in [2.05, 4.69) is 34.2 Å². The van der Waals surface area contributed by atoms with Gasteiger partial charge in [0.2, 0.25) is 0 Å². The molecular formula is C13H12N6S. The van der Waals surface area contributed by atoms with Crippen LogP contribution in [-0.4, -0.2) is 19.6 Å². The van der Waals surface area contributed by atoms with Gasteiger partial charge in [0.05, 0.1) is 10.2 Å². The van der Waals surface area contributed by atoms with Crippen LogP contribution in [0.2, 0.25) is 0 Å². The van der Waals surface area contributed by atoms with Gasteiger partial charge >= 0.3 is 0 Å². The number of aromatic amines is 1. The van der Waals surface area contributed by atoms with Gasteiger partial charge in [-0.05, 0) is 25.0 Å². The maximum Gasteiger partial charge on any atom is 0.198 e. The van der Waals surface area contributed by atoms with Gasteiger partial charge in [0.15, 0.2) is 10.6 Å². The van der Waals surface area contributed by atoms with Crippen LogP contribution in [0.3, 0.4) is 0 Å². The smallest absolute Gasteiger partial charge is 0.198 e. The Labute approximate surface area is 117 Å². The summed E-state index contributed by atoms with van der Waals surface area (Å²) in [5.74, 6) is 0.386. The summed E-state index contributed by atoms with van der Waals surface area (Å²) >= 11 is 1.58. The van der Waals surface area contributed by atoms with Gasteiger partial charge in [-0.1, -0.05) is 23.5 Å². The van der Waals surface area contributed by atoms with Crippen molar-refractivity contribution in [1.82, 2.24) is 19.6 Å². The van der Waals surface area contributed by atoms with Crippen molar-refractivity contribution >= 4 is 43.4 Å². The fourth-order valence-corrected chi connectivity index (χ4v) is 3.72. The highest BCUT2D eigenvalue weighted by Gasteiger charge is 2.15. The van der Waals surface area contributed by atoms with E-state index in [0.29, 0.717) is 22.3 Å². The zero-order valence-electron chi connectivity index (χ0n) is 11.0. The summed E-state index contributed by atoms with van der Waals surface area (Å²) in [4.78, 5) is 5.28. The molecule has 100 valence electrons. The number of nitrogens with zero attached hydrogens (tertiary/aromatic N) is 3. The largest absolute Gasteiger partial charge is 0.383 e. The Hall–Kier alpha value is -2.41. The third kappa shape index (κ3) is 1.25. The van der Waals surface area contributed by atoms with Crippen LogP contribution in [0.15, 0.2) is 12.1 Å². The number of H-pyrrole nitrogens is 1. The molecule has 0 saturated carbocycles. The van der Waals surface area contributed by atoms with Gasteiger partial charge < -0.3 is 5.73 Å². The second-order valence-electron chi connectivity index (χ2n) is 4.89. The van der Waals surface area contributed by atoms with Crippen LogP contribution in [0.4, 0.5) is 5.82 Å². The number of nitrogens with two attached hydrogens (primary N) is 1. The molecule has 6 nitrogen and oxygen atoms in total. The second-order valence-corrected chi connectivity index (χ2v) is 5.87. The van der Waals surface area contributed by atoms with Gasteiger partial charge in [-0.15, -0.1) is 0 Å². The highest BCUT2D eigenvalue weighted by Crippen LogP contribution is 2.30. The first-order chi connectivity index (χ1) is 9.58. The molecule has 3 aromatic heterocycles. The lowest BCUT2D eigenvalue weighted by Gasteiger charge is -2.02. The fraction of sp³-hybridized carbons (Fsp3) is 0.154. The normalized spacial score (nSPS) is 11.9. The molecular weight excluding hydrogens is 272 g/mol. The minimum atomic E-state index is 0.330. The summed E-state index contributed by atoms with van der Waals surface area (Å²) in [6, 6.07) is 4.16. The number of rotatable bonds is 0. The van der Waals surface area contributed by atoms with E-state index >= 15 is 0 Å². The highest BCUT2D eigenvalue weighted by atomic mass is 32.1. The van der Waals surface area contributed by atoms with Gasteiger partial charge in [-0.25, -0.2) is 0 Å². The van der Waals surface area contributed by atoms with Gasteiger partial charge in [0.25, 0.3) is 0 Å². The summed E-state index contributed by atoms with van der Waals surface area (Å²) in [7, 11) is 0. The van der Waals surface area contributed by atoms with Crippen LogP contribution >= 0.6 is 11.3 Å². The molecule has 0 atom stereocenters. The SMILES string of the molecule is Cc1ccc(C)c2c1sc1nc3n[nH]c(N)c3c(=N)n12. The first-order valence-electron chi connectivity index (χ1n) is 6.17. The number of nitrogens with one attached hydrogen (secondary N) is 2. The van der Waals surface area contributed by atoms with E-state index in [1.54, 1.807) is 11.3 Å². The van der Waals surface area contributed by atoms with Gasteiger partial charge in [0.1, 0.15) is 16.7 Å². The average molecular weight is 284 g/mol. The molecule has 0 saturated heterocycles. The number of fused-ring (bicyclic) bond motifs is 4. The molecule has 0 spiro atoms. The Kier molecular flexibility index (Phi) is 2.04. The van der Waals surface area contributed by atoms with Crippen molar-refractivity contribution in [2.45, 2.75) is 13.8 Å². The minimum Gasteiger partial charge on any atom is -0.383 e. The zero-order chi connectivity index (χ0) is 14.0. The van der Waals surface area contributed by atoms with E-state index < -0.39 is 0 Å². The van der Waals surface area contributed by atoms with E-state index in [4.69, 9.17) is 11.1 Å². The second kappa shape index (κ2) is 3.57. The molecule has 0 aliphatic rings. The topological polar surface area (TPSA) is 95.8 Å². The zero-order valence-corrected chi connectivity index (χ0v) is 11.8. The standard InChI is InChI=1S/C13H12N6S/c1-5-3-4-6(2)9-8(5)19-11(15)7-10(14)17-18-12(7)16-13(19)20-9/h3-4,15H,1-2H3,(H3,14,17,18). The number of benzene rings is 1. The van der Waals surface area contributed by atoms with E-state index in [0.717, 1.165) is 20.7 Å². The highest BCUT2D eigenvalue weighted by molar-refractivity contribution is 7.23. The summed E-state index contributed by atoms with van der Waals surface area (Å²) in [6.45, 7) is 4.12. The van der Waals surface area contributed by atoms with Crippen LogP contribution in [0.1, 0.15) is 11.1 Å². The Balaban J connectivity index is 2.41. The fourth-order valence-electron chi connectivity index (χ4n) is 2.55. The first kappa shape index (κ1) is 11.4. The van der Waals surface area contributed by atoms with Crippen molar-refractivity contribution in [3.63, 3.8) is 0 Å². The summed E-state index contributed by atoms with van der Waals surface area (Å²) in [5.41, 5.74) is 10.0. The average Bonchev–Trinajstić information content (AvgIpc) is 2.97. The lowest BCUT2D eigenvalue weighted by atomic mass is 10.1. The lowest BCUT2D eigenvalue weighted by Crippen LogP contribution is -2.14. The maximum absolute atomic E-state index is 8.45. The van der Waals surface area contributed by atoms with Crippen molar-refractivity contribution in [1.29, 1.82) is 5.41 Å². The summed E-state index contributed by atoms with van der Waals surface area (Å²) in [6.07, 6.45) is 0. The Morgan fingerprint density at radius 2 is 2.05 bits per heavy atom. The lowest BCUT2D eigenvalue weighted by molar-refractivity contribution is 1.05. The molecule has 4 aromatic rings. The molecule has 1 aromatic carbocycles. The number of hydrogen-bond donors (Lipinski definition) is 3. The molecule has 0 fully saturated rings. The number of aromatic nitrogens is 4. The van der Waals surface area contributed by atoms with E-state index in [1.807, 2.05) is 11.3 Å². The number of anilines is 1. The summed E-state index contributed by atoms with van der Waals surface area (Å²) in [5, 5.41) is 15.8. The summed E-state index contributed by atoms with van der Waals surface area (Å²) < 4.78 is 3.01. The van der Waals surface area contributed by atoms with Crippen molar-refractivity contribution in [3.8, 4) is 0 Å². The predicted octanol–water partition coefficient (Wildman–Crippen LogP) is 2.10. The molecule has 0 aliphatic heterocycles. The Morgan fingerprint density at radius 3 is 2.85 bits per heavy atom.